The average molecular weight is 544 g/mol. The lowest BCUT2D eigenvalue weighted by atomic mass is 10.1. The van der Waals surface area contributed by atoms with Crippen molar-refractivity contribution in [1.82, 2.24) is 15.6 Å². The summed E-state index contributed by atoms with van der Waals surface area (Å²) in [4.78, 5) is 11.4. The van der Waals surface area contributed by atoms with Crippen LogP contribution in [0.3, 0.4) is 0 Å². The third-order valence-electron chi connectivity index (χ3n) is 5.61. The Morgan fingerprint density at radius 2 is 2.00 bits per heavy atom. The summed E-state index contributed by atoms with van der Waals surface area (Å²) in [6.07, 6.45) is 4.75. The van der Waals surface area contributed by atoms with Crippen LogP contribution < -0.4 is 15.5 Å². The number of aromatic nitrogens is 1. The lowest BCUT2D eigenvalue weighted by Gasteiger charge is -2.33. The Morgan fingerprint density at radius 1 is 1.20 bits per heavy atom. The predicted molar refractivity (Wildman–Crippen MR) is 132 cm³/mol. The highest BCUT2D eigenvalue weighted by Crippen LogP contribution is 2.44. The first-order valence-electron chi connectivity index (χ1n) is 10.3. The zero-order valence-electron chi connectivity index (χ0n) is 17.0. The van der Waals surface area contributed by atoms with Crippen molar-refractivity contribution in [2.75, 3.05) is 24.5 Å². The maximum absolute atomic E-state index is 14.2. The minimum atomic E-state index is -0.226. The Morgan fingerprint density at radius 3 is 2.67 bits per heavy atom. The summed E-state index contributed by atoms with van der Waals surface area (Å²) in [6.45, 7) is 4.64. The molecule has 0 radical (unpaired) electrons. The largest absolute Gasteiger partial charge is 0.356 e. The molecule has 2 aliphatic rings. The van der Waals surface area contributed by atoms with Crippen LogP contribution >= 0.6 is 35.6 Å². The summed E-state index contributed by atoms with van der Waals surface area (Å²) in [5.74, 6) is 1.71. The van der Waals surface area contributed by atoms with E-state index in [1.165, 1.54) is 6.07 Å². The molecule has 0 amide bonds. The van der Waals surface area contributed by atoms with Crippen molar-refractivity contribution in [2.24, 2.45) is 4.99 Å². The highest BCUT2D eigenvalue weighted by molar-refractivity contribution is 14.0. The molecule has 2 fully saturated rings. The second-order valence-corrected chi connectivity index (χ2v) is 8.05. The monoisotopic (exact) mass is 543 g/mol. The first kappa shape index (κ1) is 23.1. The number of hydrogen-bond donors (Lipinski definition) is 2. The van der Waals surface area contributed by atoms with Gasteiger partial charge in [-0.1, -0.05) is 23.7 Å². The standard InChI is InChI=1S/C22H27ClFN5.HI/c1-2-25-22(28-19-14-16(19)21-17(23)6-5-7-18(21)24)27-15-9-12-29(13-10-15)20-8-3-4-11-26-20;/h3-8,11,15-16,19H,2,9-10,12-14H2,1H3,(H2,25,27,28);1H. The molecule has 1 aliphatic heterocycles. The summed E-state index contributed by atoms with van der Waals surface area (Å²) >= 11 is 6.22. The van der Waals surface area contributed by atoms with E-state index in [-0.39, 0.29) is 41.8 Å². The molecule has 1 aromatic heterocycles. The fourth-order valence-corrected chi connectivity index (χ4v) is 4.30. The number of hydrogen-bond acceptors (Lipinski definition) is 3. The van der Waals surface area contributed by atoms with Crippen LogP contribution in [0.25, 0.3) is 0 Å². The molecule has 4 rings (SSSR count). The Hall–Kier alpha value is -1.61. The van der Waals surface area contributed by atoms with E-state index in [2.05, 4.69) is 31.6 Å². The maximum atomic E-state index is 14.2. The second kappa shape index (κ2) is 10.6. The van der Waals surface area contributed by atoms with Crippen LogP contribution in [0.1, 0.15) is 37.7 Å². The van der Waals surface area contributed by atoms with E-state index < -0.39 is 0 Å². The summed E-state index contributed by atoms with van der Waals surface area (Å²) in [6, 6.07) is 11.4. The summed E-state index contributed by atoms with van der Waals surface area (Å²) in [7, 11) is 0. The van der Waals surface area contributed by atoms with E-state index in [4.69, 9.17) is 11.6 Å². The lowest BCUT2D eigenvalue weighted by Crippen LogP contribution is -2.49. The smallest absolute Gasteiger partial charge is 0.191 e. The number of nitrogens with one attached hydrogen (secondary N) is 2. The number of aliphatic imine (C=N–C) groups is 1. The molecule has 1 saturated heterocycles. The van der Waals surface area contributed by atoms with Gasteiger partial charge in [-0.25, -0.2) is 9.37 Å². The van der Waals surface area contributed by atoms with Gasteiger partial charge >= 0.3 is 0 Å². The van der Waals surface area contributed by atoms with Crippen LogP contribution in [0, 0.1) is 5.82 Å². The highest BCUT2D eigenvalue weighted by Gasteiger charge is 2.42. The van der Waals surface area contributed by atoms with Gasteiger partial charge in [0.2, 0.25) is 0 Å². The number of benzene rings is 1. The molecule has 30 heavy (non-hydrogen) atoms. The molecule has 2 atom stereocenters. The zero-order valence-corrected chi connectivity index (χ0v) is 20.1. The van der Waals surface area contributed by atoms with Gasteiger partial charge in [0.15, 0.2) is 5.96 Å². The van der Waals surface area contributed by atoms with E-state index in [1.54, 1.807) is 12.1 Å². The van der Waals surface area contributed by atoms with Crippen molar-refractivity contribution in [2.45, 2.75) is 44.2 Å². The van der Waals surface area contributed by atoms with Crippen molar-refractivity contribution in [1.29, 1.82) is 0 Å². The SMILES string of the molecule is CCN=C(NC1CCN(c2ccccn2)CC1)NC1CC1c1c(F)cccc1Cl.I. The zero-order chi connectivity index (χ0) is 20.2. The van der Waals surface area contributed by atoms with Gasteiger partial charge in [-0.2, -0.15) is 0 Å². The van der Waals surface area contributed by atoms with Crippen molar-refractivity contribution >= 4 is 47.4 Å². The van der Waals surface area contributed by atoms with Crippen LogP contribution in [0.5, 0.6) is 0 Å². The molecule has 8 heteroatoms. The van der Waals surface area contributed by atoms with Crippen molar-refractivity contribution in [3.63, 3.8) is 0 Å². The van der Waals surface area contributed by atoms with Gasteiger partial charge in [-0.15, -0.1) is 24.0 Å². The van der Waals surface area contributed by atoms with Crippen LogP contribution in [0.15, 0.2) is 47.6 Å². The molecular formula is C22H28ClFIN5. The molecule has 1 aliphatic carbocycles. The minimum absolute atomic E-state index is 0. The Bertz CT molecular complexity index is 838. The molecule has 2 N–H and O–H groups in total. The number of halogens is 3. The number of anilines is 1. The normalized spacial score (nSPS) is 21.7. The fourth-order valence-electron chi connectivity index (χ4n) is 3.99. The number of guanidine groups is 1. The van der Waals surface area contributed by atoms with Crippen LogP contribution in [0.2, 0.25) is 5.02 Å². The van der Waals surface area contributed by atoms with Gasteiger partial charge in [0.05, 0.1) is 0 Å². The number of piperidine rings is 1. The fraction of sp³-hybridized carbons (Fsp3) is 0.455. The maximum Gasteiger partial charge on any atom is 0.191 e. The molecule has 0 bridgehead atoms. The van der Waals surface area contributed by atoms with E-state index >= 15 is 0 Å². The topological polar surface area (TPSA) is 52.6 Å². The highest BCUT2D eigenvalue weighted by atomic mass is 127. The quantitative estimate of drug-likeness (QED) is 0.330. The molecule has 162 valence electrons. The van der Waals surface area contributed by atoms with Crippen LogP contribution in [-0.2, 0) is 0 Å². The third kappa shape index (κ3) is 5.55. The Balaban J connectivity index is 0.00000256. The predicted octanol–water partition coefficient (Wildman–Crippen LogP) is 4.57. The minimum Gasteiger partial charge on any atom is -0.356 e. The Kier molecular flexibility index (Phi) is 8.16. The Labute approximate surface area is 199 Å². The molecule has 0 spiro atoms. The average Bonchev–Trinajstić information content (AvgIpc) is 3.48. The van der Waals surface area contributed by atoms with Gasteiger partial charge in [0.25, 0.3) is 0 Å². The lowest BCUT2D eigenvalue weighted by molar-refractivity contribution is 0.459. The summed E-state index contributed by atoms with van der Waals surface area (Å²) in [5, 5.41) is 7.54. The molecule has 1 saturated carbocycles. The van der Waals surface area contributed by atoms with Gasteiger partial charge in [-0.3, -0.25) is 4.99 Å². The van der Waals surface area contributed by atoms with E-state index in [9.17, 15) is 4.39 Å². The molecule has 2 aromatic rings. The van der Waals surface area contributed by atoms with Gasteiger partial charge in [-0.05, 0) is 50.5 Å². The van der Waals surface area contributed by atoms with Gasteiger partial charge in [0, 0.05) is 54.4 Å². The summed E-state index contributed by atoms with van der Waals surface area (Å²) in [5.41, 5.74) is 0.617. The van der Waals surface area contributed by atoms with Crippen molar-refractivity contribution in [3.8, 4) is 0 Å². The number of pyridine rings is 1. The second-order valence-electron chi connectivity index (χ2n) is 7.64. The van der Waals surface area contributed by atoms with Crippen molar-refractivity contribution < 1.29 is 4.39 Å². The summed E-state index contributed by atoms with van der Waals surface area (Å²) < 4.78 is 14.2. The van der Waals surface area contributed by atoms with Crippen LogP contribution in [0.4, 0.5) is 10.2 Å². The third-order valence-corrected chi connectivity index (χ3v) is 5.94. The van der Waals surface area contributed by atoms with Gasteiger partial charge in [0.1, 0.15) is 11.6 Å². The first-order valence-corrected chi connectivity index (χ1v) is 10.7. The van der Waals surface area contributed by atoms with Crippen molar-refractivity contribution in [3.05, 3.63) is 59.0 Å². The van der Waals surface area contributed by atoms with Crippen LogP contribution in [-0.4, -0.2) is 42.7 Å². The van der Waals surface area contributed by atoms with Gasteiger partial charge < -0.3 is 15.5 Å². The number of nitrogens with zero attached hydrogens (tertiary/aromatic N) is 3. The van der Waals surface area contributed by atoms with E-state index in [0.717, 1.165) is 44.1 Å². The first-order chi connectivity index (χ1) is 14.2. The molecular weight excluding hydrogens is 516 g/mol. The molecule has 5 nitrogen and oxygen atoms in total. The molecule has 1 aromatic carbocycles. The molecule has 2 heterocycles. The number of rotatable bonds is 5. The van der Waals surface area contributed by atoms with E-state index in [0.29, 0.717) is 23.2 Å². The molecule has 2 unspecified atom stereocenters. The van der Waals surface area contributed by atoms with E-state index in [1.807, 2.05) is 25.3 Å².